The molecule has 1 aliphatic heterocycles. The van der Waals surface area contributed by atoms with Gasteiger partial charge in [-0.15, -0.1) is 11.3 Å². The van der Waals surface area contributed by atoms with Gasteiger partial charge in [0, 0.05) is 35.0 Å². The highest BCUT2D eigenvalue weighted by Gasteiger charge is 2.23. The highest BCUT2D eigenvalue weighted by atomic mass is 32.2. The van der Waals surface area contributed by atoms with E-state index in [0.717, 1.165) is 42.8 Å². The minimum Gasteiger partial charge on any atom is -0.609 e. The lowest BCUT2D eigenvalue weighted by molar-refractivity contribution is 0.587. The van der Waals surface area contributed by atoms with Crippen LogP contribution < -0.4 is 10.6 Å². The van der Waals surface area contributed by atoms with Crippen LogP contribution in [0.25, 0.3) is 11.0 Å². The highest BCUT2D eigenvalue weighted by Crippen LogP contribution is 2.28. The molecule has 1 saturated heterocycles. The Morgan fingerprint density at radius 2 is 2.13 bits per heavy atom. The van der Waals surface area contributed by atoms with Crippen molar-refractivity contribution in [2.45, 2.75) is 23.8 Å². The largest absolute Gasteiger partial charge is 0.609 e. The van der Waals surface area contributed by atoms with E-state index >= 15 is 0 Å². The molecule has 0 spiro atoms. The highest BCUT2D eigenvalue weighted by molar-refractivity contribution is 7.90. The number of H-pyrrole nitrogens is 1. The molecule has 1 aliphatic rings. The Balaban J connectivity index is 1.58. The van der Waals surface area contributed by atoms with Gasteiger partial charge in [-0.25, -0.2) is 9.97 Å². The average molecular weight is 348 g/mol. The molecular weight excluding hydrogens is 332 g/mol. The van der Waals surface area contributed by atoms with Gasteiger partial charge in [-0.3, -0.25) is 4.98 Å². The van der Waals surface area contributed by atoms with Crippen LogP contribution in [0.5, 0.6) is 0 Å². The van der Waals surface area contributed by atoms with Gasteiger partial charge in [0.05, 0.1) is 5.52 Å². The average Bonchev–Trinajstić information content (AvgIpc) is 3.25. The van der Waals surface area contributed by atoms with Crippen molar-refractivity contribution < 1.29 is 4.55 Å². The fraction of sp³-hybridized carbons (Fsp3) is 0.357. The Bertz CT molecular complexity index is 797. The van der Waals surface area contributed by atoms with Gasteiger partial charge in [-0.05, 0) is 12.8 Å². The van der Waals surface area contributed by atoms with Crippen molar-refractivity contribution in [3.05, 3.63) is 22.8 Å². The van der Waals surface area contributed by atoms with Gasteiger partial charge in [-0.2, -0.15) is 4.98 Å². The van der Waals surface area contributed by atoms with Gasteiger partial charge in [0.15, 0.2) is 11.6 Å². The molecule has 120 valence electrons. The van der Waals surface area contributed by atoms with Crippen molar-refractivity contribution >= 4 is 45.1 Å². The number of nitrogens with zero attached hydrogens (tertiary/aromatic N) is 4. The molecule has 7 nitrogen and oxygen atoms in total. The summed E-state index contributed by atoms with van der Waals surface area (Å²) in [5, 5.41) is 4.34. The molecule has 3 aromatic heterocycles. The van der Waals surface area contributed by atoms with Gasteiger partial charge in [0.2, 0.25) is 0 Å². The third-order valence-electron chi connectivity index (χ3n) is 3.94. The summed E-state index contributed by atoms with van der Waals surface area (Å²) < 4.78 is 12.6. The number of nitrogens with one attached hydrogen (secondary N) is 1. The summed E-state index contributed by atoms with van der Waals surface area (Å²) in [6.07, 6.45) is 3.79. The Hall–Kier alpha value is -1.84. The van der Waals surface area contributed by atoms with Crippen molar-refractivity contribution in [3.8, 4) is 0 Å². The van der Waals surface area contributed by atoms with Crippen LogP contribution in [0.1, 0.15) is 18.5 Å². The first-order valence-electron chi connectivity index (χ1n) is 7.37. The Morgan fingerprint density at radius 3 is 2.91 bits per heavy atom. The number of nitrogens with two attached hydrogens (primary N) is 1. The van der Waals surface area contributed by atoms with E-state index in [1.54, 1.807) is 11.3 Å². The predicted octanol–water partition coefficient (Wildman–Crippen LogP) is 1.90. The molecule has 0 amide bonds. The van der Waals surface area contributed by atoms with Crippen LogP contribution in [-0.4, -0.2) is 37.6 Å². The van der Waals surface area contributed by atoms with E-state index in [0.29, 0.717) is 16.5 Å². The first-order valence-corrected chi connectivity index (χ1v) is 9.63. The molecule has 4 heterocycles. The third-order valence-corrected chi connectivity index (χ3v) is 5.83. The summed E-state index contributed by atoms with van der Waals surface area (Å²) in [6, 6.07) is 0. The fourth-order valence-corrected chi connectivity index (χ4v) is 4.47. The molecular formula is C14H16N6OS2. The first kappa shape index (κ1) is 14.7. The number of imidazole rings is 1. The summed E-state index contributed by atoms with van der Waals surface area (Å²) in [5.74, 6) is 0.985. The van der Waals surface area contributed by atoms with Gasteiger partial charge in [-0.1, -0.05) is 0 Å². The van der Waals surface area contributed by atoms with E-state index in [9.17, 15) is 4.55 Å². The topological polar surface area (TPSA) is 107 Å². The van der Waals surface area contributed by atoms with E-state index in [1.165, 1.54) is 6.33 Å². The zero-order valence-corrected chi connectivity index (χ0v) is 14.0. The van der Waals surface area contributed by atoms with E-state index in [1.807, 2.05) is 10.8 Å². The van der Waals surface area contributed by atoms with Crippen LogP contribution in [0.15, 0.2) is 22.2 Å². The molecule has 4 rings (SSSR count). The number of hydrogen-bond acceptors (Lipinski definition) is 7. The Labute approximate surface area is 140 Å². The van der Waals surface area contributed by atoms with Crippen LogP contribution in [0, 0.1) is 0 Å². The first-order chi connectivity index (χ1) is 11.2. The number of rotatable bonds is 4. The predicted molar refractivity (Wildman–Crippen MR) is 92.0 cm³/mol. The second-order valence-corrected chi connectivity index (χ2v) is 7.56. The standard InChI is InChI=1S/C14H16N6OS2/c15-12-11(16-8-17-13(12)20-3-1-2-4-20)7-23(21)14-18-9-5-22-6-10(9)19-14/h5-6,8H,1-4,7,15H2,(H,18,19). The van der Waals surface area contributed by atoms with Gasteiger partial charge in [0.25, 0.3) is 0 Å². The molecule has 9 heteroatoms. The summed E-state index contributed by atoms with van der Waals surface area (Å²) >= 11 is 0.247. The summed E-state index contributed by atoms with van der Waals surface area (Å²) in [5.41, 5.74) is 9.10. The minimum atomic E-state index is -1.32. The van der Waals surface area contributed by atoms with Crippen molar-refractivity contribution in [1.29, 1.82) is 0 Å². The second-order valence-electron chi connectivity index (χ2n) is 5.45. The van der Waals surface area contributed by atoms with Gasteiger partial charge >= 0.3 is 5.16 Å². The fourth-order valence-electron chi connectivity index (χ4n) is 2.74. The Kier molecular flexibility index (Phi) is 3.83. The molecule has 1 atom stereocenters. The third kappa shape index (κ3) is 2.75. The monoisotopic (exact) mass is 348 g/mol. The quantitative estimate of drug-likeness (QED) is 0.698. The van der Waals surface area contributed by atoms with E-state index in [4.69, 9.17) is 5.73 Å². The summed E-state index contributed by atoms with van der Waals surface area (Å²) in [6.45, 7) is 1.91. The lowest BCUT2D eigenvalue weighted by Gasteiger charge is -2.19. The van der Waals surface area contributed by atoms with Crippen molar-refractivity contribution in [2.75, 3.05) is 23.7 Å². The molecule has 0 saturated carbocycles. The Morgan fingerprint density at radius 1 is 1.30 bits per heavy atom. The summed E-state index contributed by atoms with van der Waals surface area (Å²) in [4.78, 5) is 18.1. The number of hydrogen-bond donors (Lipinski definition) is 2. The number of anilines is 2. The zero-order valence-electron chi connectivity index (χ0n) is 12.4. The number of fused-ring (bicyclic) bond motifs is 1. The van der Waals surface area contributed by atoms with E-state index in [-0.39, 0.29) is 5.75 Å². The lowest BCUT2D eigenvalue weighted by Crippen LogP contribution is -2.22. The molecule has 0 bridgehead atoms. The van der Waals surface area contributed by atoms with Crippen molar-refractivity contribution in [1.82, 2.24) is 19.9 Å². The molecule has 0 aliphatic carbocycles. The van der Waals surface area contributed by atoms with E-state index in [2.05, 4.69) is 24.8 Å². The van der Waals surface area contributed by atoms with Crippen molar-refractivity contribution in [2.24, 2.45) is 0 Å². The molecule has 3 aromatic rings. The maximum Gasteiger partial charge on any atom is 0.322 e. The summed E-state index contributed by atoms with van der Waals surface area (Å²) in [7, 11) is 0. The van der Waals surface area contributed by atoms with Crippen LogP contribution >= 0.6 is 11.3 Å². The normalized spacial score (nSPS) is 16.3. The van der Waals surface area contributed by atoms with Crippen LogP contribution in [-0.2, 0) is 16.9 Å². The SMILES string of the molecule is Nc1c(C[S+]([O-])c2nc3cscc3[nH]2)ncnc1N1CCCC1. The minimum absolute atomic E-state index is 0.231. The van der Waals surface area contributed by atoms with Gasteiger partial charge < -0.3 is 15.2 Å². The maximum atomic E-state index is 12.6. The molecule has 0 radical (unpaired) electrons. The number of aromatic nitrogens is 4. The van der Waals surface area contributed by atoms with Crippen LogP contribution in [0.2, 0.25) is 0 Å². The second kappa shape index (κ2) is 5.99. The number of thiophene rings is 1. The molecule has 1 unspecified atom stereocenters. The molecule has 0 aromatic carbocycles. The molecule has 23 heavy (non-hydrogen) atoms. The van der Waals surface area contributed by atoms with Crippen LogP contribution in [0.4, 0.5) is 11.5 Å². The van der Waals surface area contributed by atoms with Gasteiger partial charge in [0.1, 0.15) is 23.2 Å². The number of nitrogen functional groups attached to an aromatic ring is 1. The smallest absolute Gasteiger partial charge is 0.322 e. The lowest BCUT2D eigenvalue weighted by atomic mass is 10.3. The number of aromatic amines is 1. The van der Waals surface area contributed by atoms with Crippen molar-refractivity contribution in [3.63, 3.8) is 0 Å². The molecule has 1 fully saturated rings. The molecule has 3 N–H and O–H groups in total. The van der Waals surface area contributed by atoms with E-state index < -0.39 is 11.2 Å². The zero-order chi connectivity index (χ0) is 15.8. The van der Waals surface area contributed by atoms with Crippen LogP contribution in [0.3, 0.4) is 0 Å². The maximum absolute atomic E-state index is 12.6.